The third-order valence-electron chi connectivity index (χ3n) is 4.65. The lowest BCUT2D eigenvalue weighted by molar-refractivity contribution is -0.120. The highest BCUT2D eigenvalue weighted by Gasteiger charge is 2.20. The van der Waals surface area contributed by atoms with Crippen LogP contribution in [0.1, 0.15) is 104 Å². The first-order valence-corrected chi connectivity index (χ1v) is 10.7. The van der Waals surface area contributed by atoms with Crippen LogP contribution in [0.25, 0.3) is 0 Å². The zero-order chi connectivity index (χ0) is 18.0. The summed E-state index contributed by atoms with van der Waals surface area (Å²) >= 11 is 5.60. The number of unbranched alkanes of at least 4 members (excludes halogenated alkanes) is 10. The second kappa shape index (κ2) is 17.5. The Kier molecular flexibility index (Phi) is 17.3. The van der Waals surface area contributed by atoms with Crippen LogP contribution in [0, 0.1) is 0 Å². The Hall–Kier alpha value is -0.280. The molecule has 0 spiro atoms. The molecule has 0 bridgehead atoms. The number of aliphatic hydroxyl groups is 1. The van der Waals surface area contributed by atoms with Gasteiger partial charge in [0.1, 0.15) is 5.88 Å². The van der Waals surface area contributed by atoms with Crippen LogP contribution in [0.15, 0.2) is 0 Å². The van der Waals surface area contributed by atoms with E-state index < -0.39 is 6.10 Å². The van der Waals surface area contributed by atoms with Gasteiger partial charge in [0.05, 0.1) is 12.1 Å². The molecule has 0 rings (SSSR count). The first-order chi connectivity index (χ1) is 11.7. The Bertz CT molecular complexity index is 287. The fourth-order valence-electron chi connectivity index (χ4n) is 3.09. The second-order valence-electron chi connectivity index (χ2n) is 6.99. The molecule has 0 aromatic rings. The lowest BCUT2D eigenvalue weighted by atomic mass is 9.97. The van der Waals surface area contributed by atoms with Gasteiger partial charge in [0.15, 0.2) is 0 Å². The molecule has 4 heteroatoms. The number of hydrogen-bond acceptors (Lipinski definition) is 2. The molecule has 0 heterocycles. The van der Waals surface area contributed by atoms with Crippen molar-refractivity contribution in [2.24, 2.45) is 0 Å². The molecule has 0 aromatic heterocycles. The molecule has 2 N–H and O–H groups in total. The van der Waals surface area contributed by atoms with Gasteiger partial charge in [0.25, 0.3) is 0 Å². The van der Waals surface area contributed by atoms with Crippen molar-refractivity contribution in [3.63, 3.8) is 0 Å². The van der Waals surface area contributed by atoms with Crippen LogP contribution in [-0.4, -0.2) is 29.0 Å². The zero-order valence-corrected chi connectivity index (χ0v) is 16.8. The Morgan fingerprint density at radius 1 is 0.833 bits per heavy atom. The van der Waals surface area contributed by atoms with E-state index >= 15 is 0 Å². The van der Waals surface area contributed by atoms with Gasteiger partial charge in [-0.15, -0.1) is 11.6 Å². The molecule has 144 valence electrons. The van der Waals surface area contributed by atoms with Gasteiger partial charge >= 0.3 is 0 Å². The number of rotatable bonds is 17. The molecule has 2 atom stereocenters. The van der Waals surface area contributed by atoms with Crippen LogP contribution in [0.4, 0.5) is 0 Å². The van der Waals surface area contributed by atoms with Gasteiger partial charge in [0, 0.05) is 0 Å². The van der Waals surface area contributed by atoms with Crippen molar-refractivity contribution in [1.29, 1.82) is 0 Å². The van der Waals surface area contributed by atoms with E-state index in [0.29, 0.717) is 0 Å². The summed E-state index contributed by atoms with van der Waals surface area (Å²) in [6.07, 6.45) is 15.8. The molecular weight excluding hydrogens is 322 g/mol. The summed E-state index contributed by atoms with van der Waals surface area (Å²) in [5, 5.41) is 13.3. The maximum atomic E-state index is 11.6. The molecule has 0 fully saturated rings. The molecule has 0 radical (unpaired) electrons. The van der Waals surface area contributed by atoms with Crippen LogP contribution in [0.2, 0.25) is 0 Å². The molecule has 2 unspecified atom stereocenters. The number of carbonyl (C=O) groups excluding carboxylic acids is 1. The SMILES string of the molecule is CCCCCCCCC(O)C(CCCCCCCC)NC(=O)CCl. The topological polar surface area (TPSA) is 49.3 Å². The molecule has 3 nitrogen and oxygen atoms in total. The van der Waals surface area contributed by atoms with Crippen LogP contribution >= 0.6 is 11.6 Å². The van der Waals surface area contributed by atoms with Gasteiger partial charge in [-0.1, -0.05) is 90.9 Å². The predicted molar refractivity (Wildman–Crippen MR) is 105 cm³/mol. The summed E-state index contributed by atoms with van der Waals surface area (Å²) in [5.41, 5.74) is 0. The first-order valence-electron chi connectivity index (χ1n) is 10.2. The monoisotopic (exact) mass is 361 g/mol. The third-order valence-corrected chi connectivity index (χ3v) is 4.90. The maximum Gasteiger partial charge on any atom is 0.235 e. The van der Waals surface area contributed by atoms with Crippen molar-refractivity contribution in [3.05, 3.63) is 0 Å². The van der Waals surface area contributed by atoms with Gasteiger partial charge in [-0.05, 0) is 12.8 Å². The molecule has 0 saturated heterocycles. The zero-order valence-electron chi connectivity index (χ0n) is 16.0. The minimum Gasteiger partial charge on any atom is -0.391 e. The number of amides is 1. The Labute approximate surface area is 154 Å². The average Bonchev–Trinajstić information content (AvgIpc) is 2.59. The molecule has 0 aliphatic carbocycles. The van der Waals surface area contributed by atoms with E-state index in [0.717, 1.165) is 25.7 Å². The van der Waals surface area contributed by atoms with E-state index in [1.807, 2.05) is 0 Å². The standard InChI is InChI=1S/C20H40ClNO2/c1-3-5-7-9-11-13-15-18(22-20(24)17-21)19(23)16-14-12-10-8-6-4-2/h18-19,23H,3-17H2,1-2H3,(H,22,24). The van der Waals surface area contributed by atoms with Gasteiger partial charge in [-0.2, -0.15) is 0 Å². The predicted octanol–water partition coefficient (Wildman–Crippen LogP) is 5.57. The van der Waals surface area contributed by atoms with Crippen molar-refractivity contribution < 1.29 is 9.90 Å². The van der Waals surface area contributed by atoms with Gasteiger partial charge in [0.2, 0.25) is 5.91 Å². The fourth-order valence-corrected chi connectivity index (χ4v) is 3.16. The van der Waals surface area contributed by atoms with Crippen LogP contribution in [0.3, 0.4) is 0 Å². The third kappa shape index (κ3) is 14.1. The number of hydrogen-bond donors (Lipinski definition) is 2. The van der Waals surface area contributed by atoms with Crippen molar-refractivity contribution in [2.75, 3.05) is 5.88 Å². The Morgan fingerprint density at radius 3 is 1.79 bits per heavy atom. The lowest BCUT2D eigenvalue weighted by Gasteiger charge is -2.24. The van der Waals surface area contributed by atoms with E-state index in [-0.39, 0.29) is 17.8 Å². The highest BCUT2D eigenvalue weighted by atomic mass is 35.5. The van der Waals surface area contributed by atoms with Gasteiger partial charge < -0.3 is 10.4 Å². The summed E-state index contributed by atoms with van der Waals surface area (Å²) in [7, 11) is 0. The Morgan fingerprint density at radius 2 is 1.29 bits per heavy atom. The van der Waals surface area contributed by atoms with Gasteiger partial charge in [-0.3, -0.25) is 4.79 Å². The lowest BCUT2D eigenvalue weighted by Crippen LogP contribution is -2.43. The molecule has 24 heavy (non-hydrogen) atoms. The number of halogens is 1. The number of carbonyl (C=O) groups is 1. The van der Waals surface area contributed by atoms with Crippen molar-refractivity contribution in [1.82, 2.24) is 5.32 Å². The quantitative estimate of drug-likeness (QED) is 0.263. The molecule has 0 aliphatic heterocycles. The summed E-state index contributed by atoms with van der Waals surface area (Å²) in [6.45, 7) is 4.44. The average molecular weight is 362 g/mol. The van der Waals surface area contributed by atoms with Crippen molar-refractivity contribution in [3.8, 4) is 0 Å². The van der Waals surface area contributed by atoms with E-state index in [1.54, 1.807) is 0 Å². The molecule has 1 amide bonds. The first kappa shape index (κ1) is 23.7. The van der Waals surface area contributed by atoms with E-state index in [2.05, 4.69) is 19.2 Å². The molecular formula is C20H40ClNO2. The van der Waals surface area contributed by atoms with Gasteiger partial charge in [-0.25, -0.2) is 0 Å². The van der Waals surface area contributed by atoms with E-state index in [4.69, 9.17) is 11.6 Å². The maximum absolute atomic E-state index is 11.6. The summed E-state index contributed by atoms with van der Waals surface area (Å²) < 4.78 is 0. The molecule has 0 saturated carbocycles. The van der Waals surface area contributed by atoms with Crippen LogP contribution < -0.4 is 5.32 Å². The van der Waals surface area contributed by atoms with Crippen LogP contribution in [-0.2, 0) is 4.79 Å². The second-order valence-corrected chi connectivity index (χ2v) is 7.26. The van der Waals surface area contributed by atoms with Crippen molar-refractivity contribution >= 4 is 17.5 Å². The fraction of sp³-hybridized carbons (Fsp3) is 0.950. The minimum absolute atomic E-state index is 0.0310. The smallest absolute Gasteiger partial charge is 0.235 e. The number of aliphatic hydroxyl groups excluding tert-OH is 1. The van der Waals surface area contributed by atoms with Crippen LogP contribution in [0.5, 0.6) is 0 Å². The number of nitrogens with one attached hydrogen (secondary N) is 1. The summed E-state index contributed by atoms with van der Waals surface area (Å²) in [4.78, 5) is 11.6. The van der Waals surface area contributed by atoms with E-state index in [1.165, 1.54) is 64.2 Å². The summed E-state index contributed by atoms with van der Waals surface area (Å²) in [6, 6.07) is -0.141. The summed E-state index contributed by atoms with van der Waals surface area (Å²) in [5.74, 6) is -0.203. The highest BCUT2D eigenvalue weighted by Crippen LogP contribution is 2.15. The minimum atomic E-state index is -0.445. The van der Waals surface area contributed by atoms with E-state index in [9.17, 15) is 9.90 Å². The largest absolute Gasteiger partial charge is 0.391 e. The normalized spacial score (nSPS) is 13.7. The number of alkyl halides is 1. The van der Waals surface area contributed by atoms with Crippen molar-refractivity contribution in [2.45, 2.75) is 116 Å². The highest BCUT2D eigenvalue weighted by molar-refractivity contribution is 6.27. The molecule has 0 aromatic carbocycles. The molecule has 0 aliphatic rings. The Balaban J connectivity index is 4.01.